The first kappa shape index (κ1) is 15.4. The quantitative estimate of drug-likeness (QED) is 0.689. The van der Waals surface area contributed by atoms with Crippen molar-refractivity contribution in [3.8, 4) is 5.75 Å². The van der Waals surface area contributed by atoms with Crippen LogP contribution < -0.4 is 4.74 Å². The smallest absolute Gasteiger partial charge is 0.168 e. The minimum atomic E-state index is -0.103. The van der Waals surface area contributed by atoms with Gasteiger partial charge in [0.15, 0.2) is 5.78 Å². The maximum atomic E-state index is 12.4. The summed E-state index contributed by atoms with van der Waals surface area (Å²) in [7, 11) is 1.57. The van der Waals surface area contributed by atoms with Crippen molar-refractivity contribution >= 4 is 44.9 Å². The fraction of sp³-hybridized carbons (Fsp3) is 0.133. The minimum absolute atomic E-state index is 0.103. The number of benzene rings is 2. The zero-order valence-corrected chi connectivity index (χ0v) is 13.7. The Bertz CT molecular complexity index is 656. The third kappa shape index (κ3) is 3.35. The van der Waals surface area contributed by atoms with Gasteiger partial charge in [-0.25, -0.2) is 0 Å². The van der Waals surface area contributed by atoms with Gasteiger partial charge in [0.25, 0.3) is 0 Å². The zero-order chi connectivity index (χ0) is 14.7. The van der Waals surface area contributed by atoms with E-state index in [0.29, 0.717) is 16.3 Å². The molecule has 20 heavy (non-hydrogen) atoms. The Morgan fingerprint density at radius 2 is 2.00 bits per heavy atom. The van der Waals surface area contributed by atoms with Crippen LogP contribution in [0.4, 0.5) is 0 Å². The monoisotopic (exact) mass is 372 g/mol. The van der Waals surface area contributed by atoms with E-state index in [1.807, 2.05) is 18.2 Å². The summed E-state index contributed by atoms with van der Waals surface area (Å²) < 4.78 is 6.15. The Morgan fingerprint density at radius 3 is 2.70 bits per heavy atom. The molecule has 0 radical (unpaired) electrons. The number of rotatable bonds is 4. The summed E-state index contributed by atoms with van der Waals surface area (Å²) in [5, 5.41) is 0.659. The molecule has 0 amide bonds. The topological polar surface area (TPSA) is 26.3 Å². The van der Waals surface area contributed by atoms with E-state index in [-0.39, 0.29) is 17.2 Å². The molecule has 0 unspecified atom stereocenters. The van der Waals surface area contributed by atoms with Crippen molar-refractivity contribution in [2.45, 2.75) is 6.42 Å². The SMILES string of the molecule is COc1ccc(Br)cc1CC(=O)c1cccc(Cl)c1Cl. The number of hydrogen-bond donors (Lipinski definition) is 0. The fourth-order valence-electron chi connectivity index (χ4n) is 1.87. The highest BCUT2D eigenvalue weighted by Gasteiger charge is 2.15. The summed E-state index contributed by atoms with van der Waals surface area (Å²) in [6, 6.07) is 10.6. The molecule has 0 heterocycles. The second-order valence-electron chi connectivity index (χ2n) is 4.16. The van der Waals surface area contributed by atoms with E-state index in [1.54, 1.807) is 25.3 Å². The predicted octanol–water partition coefficient (Wildman–Crippen LogP) is 5.19. The Hall–Kier alpha value is -1.03. The molecule has 0 spiro atoms. The van der Waals surface area contributed by atoms with E-state index in [9.17, 15) is 4.79 Å². The van der Waals surface area contributed by atoms with Gasteiger partial charge in [0, 0.05) is 22.0 Å². The predicted molar refractivity (Wildman–Crippen MR) is 85.2 cm³/mol. The van der Waals surface area contributed by atoms with E-state index >= 15 is 0 Å². The molecule has 0 saturated carbocycles. The number of ether oxygens (including phenoxy) is 1. The minimum Gasteiger partial charge on any atom is -0.496 e. The Morgan fingerprint density at radius 1 is 1.25 bits per heavy atom. The molecule has 0 aliphatic carbocycles. The first-order valence-electron chi connectivity index (χ1n) is 5.82. The highest BCUT2D eigenvalue weighted by molar-refractivity contribution is 9.10. The van der Waals surface area contributed by atoms with Gasteiger partial charge in [-0.2, -0.15) is 0 Å². The molecule has 0 N–H and O–H groups in total. The second kappa shape index (κ2) is 6.61. The first-order valence-corrected chi connectivity index (χ1v) is 7.37. The van der Waals surface area contributed by atoms with Gasteiger partial charge < -0.3 is 4.74 Å². The summed E-state index contributed by atoms with van der Waals surface area (Å²) in [4.78, 5) is 12.4. The third-order valence-corrected chi connectivity index (χ3v) is 4.16. The molecule has 0 bridgehead atoms. The lowest BCUT2D eigenvalue weighted by molar-refractivity contribution is 0.0992. The largest absolute Gasteiger partial charge is 0.496 e. The summed E-state index contributed by atoms with van der Waals surface area (Å²) in [5.74, 6) is 0.564. The highest BCUT2D eigenvalue weighted by atomic mass is 79.9. The van der Waals surface area contributed by atoms with Crippen LogP contribution in [-0.4, -0.2) is 12.9 Å². The van der Waals surface area contributed by atoms with Crippen molar-refractivity contribution in [2.75, 3.05) is 7.11 Å². The van der Waals surface area contributed by atoms with Crippen molar-refractivity contribution in [1.82, 2.24) is 0 Å². The van der Waals surface area contributed by atoms with Crippen molar-refractivity contribution in [1.29, 1.82) is 0 Å². The Balaban J connectivity index is 2.32. The molecule has 0 aliphatic rings. The highest BCUT2D eigenvalue weighted by Crippen LogP contribution is 2.29. The normalized spacial score (nSPS) is 10.4. The lowest BCUT2D eigenvalue weighted by Gasteiger charge is -2.09. The molecular formula is C15H11BrCl2O2. The summed E-state index contributed by atoms with van der Waals surface area (Å²) >= 11 is 15.4. The van der Waals surface area contributed by atoms with E-state index in [4.69, 9.17) is 27.9 Å². The molecule has 2 aromatic rings. The van der Waals surface area contributed by atoms with Gasteiger partial charge in [0.05, 0.1) is 17.2 Å². The lowest BCUT2D eigenvalue weighted by Crippen LogP contribution is -2.06. The molecule has 104 valence electrons. The number of carbonyl (C=O) groups is 1. The average Bonchev–Trinajstić information content (AvgIpc) is 2.42. The van der Waals surface area contributed by atoms with E-state index in [0.717, 1.165) is 10.0 Å². The second-order valence-corrected chi connectivity index (χ2v) is 5.86. The summed E-state index contributed by atoms with van der Waals surface area (Å²) in [5.41, 5.74) is 1.21. The van der Waals surface area contributed by atoms with Gasteiger partial charge in [-0.05, 0) is 30.3 Å². The standard InChI is InChI=1S/C15H11BrCl2O2/c1-20-14-6-5-10(16)7-9(14)8-13(19)11-3-2-4-12(17)15(11)18/h2-7H,8H2,1H3. The van der Waals surface area contributed by atoms with E-state index in [2.05, 4.69) is 15.9 Å². The van der Waals surface area contributed by atoms with Gasteiger partial charge in [-0.15, -0.1) is 0 Å². The van der Waals surface area contributed by atoms with Crippen LogP contribution in [0.25, 0.3) is 0 Å². The van der Waals surface area contributed by atoms with Crippen LogP contribution >= 0.6 is 39.1 Å². The van der Waals surface area contributed by atoms with E-state index < -0.39 is 0 Å². The molecule has 2 nitrogen and oxygen atoms in total. The van der Waals surface area contributed by atoms with Gasteiger partial charge in [-0.1, -0.05) is 45.2 Å². The molecule has 0 fully saturated rings. The number of ketones is 1. The van der Waals surface area contributed by atoms with Gasteiger partial charge in [0.1, 0.15) is 5.75 Å². The molecule has 0 aromatic heterocycles. The fourth-order valence-corrected chi connectivity index (χ4v) is 2.69. The molecule has 2 aromatic carbocycles. The number of halogens is 3. The maximum Gasteiger partial charge on any atom is 0.168 e. The van der Waals surface area contributed by atoms with Gasteiger partial charge in [0.2, 0.25) is 0 Å². The van der Waals surface area contributed by atoms with Crippen molar-refractivity contribution in [2.24, 2.45) is 0 Å². The van der Waals surface area contributed by atoms with Crippen LogP contribution in [0.5, 0.6) is 5.75 Å². The lowest BCUT2D eigenvalue weighted by atomic mass is 10.0. The van der Waals surface area contributed by atoms with Crippen LogP contribution in [0.3, 0.4) is 0 Å². The number of Topliss-reactive ketones (excluding diaryl/α,β-unsaturated/α-hetero) is 1. The third-order valence-electron chi connectivity index (χ3n) is 2.85. The maximum absolute atomic E-state index is 12.4. The van der Waals surface area contributed by atoms with Crippen LogP contribution in [0.2, 0.25) is 10.0 Å². The van der Waals surface area contributed by atoms with Gasteiger partial charge >= 0.3 is 0 Å². The first-order chi connectivity index (χ1) is 9.52. The summed E-state index contributed by atoms with van der Waals surface area (Å²) in [6.07, 6.45) is 0.197. The summed E-state index contributed by atoms with van der Waals surface area (Å²) in [6.45, 7) is 0. The van der Waals surface area contributed by atoms with Crippen LogP contribution in [-0.2, 0) is 6.42 Å². The molecule has 5 heteroatoms. The molecule has 2 rings (SSSR count). The zero-order valence-electron chi connectivity index (χ0n) is 10.6. The van der Waals surface area contributed by atoms with Crippen molar-refractivity contribution in [3.63, 3.8) is 0 Å². The van der Waals surface area contributed by atoms with Crippen molar-refractivity contribution in [3.05, 3.63) is 62.0 Å². The van der Waals surface area contributed by atoms with Gasteiger partial charge in [-0.3, -0.25) is 4.79 Å². The molecule has 0 saturated heterocycles. The van der Waals surface area contributed by atoms with E-state index in [1.165, 1.54) is 0 Å². The molecular weight excluding hydrogens is 363 g/mol. The number of methoxy groups -OCH3 is 1. The molecule has 0 atom stereocenters. The number of carbonyl (C=O) groups excluding carboxylic acids is 1. The van der Waals surface area contributed by atoms with Crippen LogP contribution in [0.1, 0.15) is 15.9 Å². The van der Waals surface area contributed by atoms with Crippen molar-refractivity contribution < 1.29 is 9.53 Å². The molecule has 0 aliphatic heterocycles. The van der Waals surface area contributed by atoms with Crippen LogP contribution in [0.15, 0.2) is 40.9 Å². The Kier molecular flexibility index (Phi) is 5.08. The van der Waals surface area contributed by atoms with Crippen LogP contribution in [0, 0.1) is 0 Å². The average molecular weight is 374 g/mol. The number of hydrogen-bond acceptors (Lipinski definition) is 2. The Labute approximate surface area is 135 Å².